The number of fused-ring (bicyclic) bond motifs is 1. The van der Waals surface area contributed by atoms with Gasteiger partial charge < -0.3 is 4.74 Å². The molecule has 2 rings (SSSR count). The molecule has 2 aromatic rings. The van der Waals surface area contributed by atoms with Gasteiger partial charge in [0.15, 0.2) is 0 Å². The quantitative estimate of drug-likeness (QED) is 0.554. The number of benzene rings is 1. The lowest BCUT2D eigenvalue weighted by molar-refractivity contribution is 0.0522. The molecular formula is C14H14IN3O2. The molecular weight excluding hydrogens is 369 g/mol. The van der Waals surface area contributed by atoms with Crippen molar-refractivity contribution in [2.24, 2.45) is 4.99 Å². The van der Waals surface area contributed by atoms with Crippen LogP contribution in [0.1, 0.15) is 20.8 Å². The van der Waals surface area contributed by atoms with Gasteiger partial charge in [-0.3, -0.25) is 0 Å². The van der Waals surface area contributed by atoms with Crippen LogP contribution in [0.2, 0.25) is 0 Å². The van der Waals surface area contributed by atoms with E-state index in [-0.39, 0.29) is 0 Å². The summed E-state index contributed by atoms with van der Waals surface area (Å²) in [7, 11) is 0. The Morgan fingerprint density at radius 1 is 1.50 bits per heavy atom. The molecule has 1 aromatic carbocycles. The lowest BCUT2D eigenvalue weighted by atomic mass is 10.2. The molecule has 0 fully saturated rings. The fourth-order valence-electron chi connectivity index (χ4n) is 1.67. The third kappa shape index (κ3) is 3.08. The van der Waals surface area contributed by atoms with E-state index in [1.54, 1.807) is 12.1 Å². The zero-order chi connectivity index (χ0) is 14.9. The van der Waals surface area contributed by atoms with Gasteiger partial charge in [-0.15, -0.1) is 0 Å². The predicted octanol–water partition coefficient (Wildman–Crippen LogP) is 3.91. The summed E-state index contributed by atoms with van der Waals surface area (Å²) in [5, 5.41) is 5.07. The molecule has 0 aliphatic rings. The van der Waals surface area contributed by atoms with Crippen molar-refractivity contribution in [3.63, 3.8) is 0 Å². The molecule has 0 radical (unpaired) electrons. The maximum absolute atomic E-state index is 12.1. The highest BCUT2D eigenvalue weighted by Gasteiger charge is 2.21. The molecule has 0 aliphatic heterocycles. The van der Waals surface area contributed by atoms with Gasteiger partial charge >= 0.3 is 6.09 Å². The second kappa shape index (κ2) is 5.38. The van der Waals surface area contributed by atoms with Crippen LogP contribution < -0.4 is 0 Å². The van der Waals surface area contributed by atoms with Gasteiger partial charge in [0.1, 0.15) is 9.30 Å². The van der Waals surface area contributed by atoms with Crippen molar-refractivity contribution in [2.75, 3.05) is 0 Å². The standard InChI is InChI=1S/C14H14IN3O2/c1-5-16-9-6-7-11-10(8-9)12(15)17-18(11)13(19)20-14(2,3)4/h6-8H,1H2,2-4H3. The Hall–Kier alpha value is -1.66. The van der Waals surface area contributed by atoms with Crippen molar-refractivity contribution in [1.29, 1.82) is 0 Å². The molecule has 5 nitrogen and oxygen atoms in total. The Kier molecular flexibility index (Phi) is 3.96. The molecule has 0 spiro atoms. The predicted molar refractivity (Wildman–Crippen MR) is 86.8 cm³/mol. The summed E-state index contributed by atoms with van der Waals surface area (Å²) >= 11 is 2.08. The van der Waals surface area contributed by atoms with Crippen LogP contribution in [-0.4, -0.2) is 27.3 Å². The van der Waals surface area contributed by atoms with Crippen LogP contribution in [-0.2, 0) is 4.74 Å². The van der Waals surface area contributed by atoms with Gasteiger partial charge in [0, 0.05) is 5.39 Å². The Morgan fingerprint density at radius 2 is 2.20 bits per heavy atom. The third-order valence-corrected chi connectivity index (χ3v) is 3.19. The maximum Gasteiger partial charge on any atom is 0.435 e. The van der Waals surface area contributed by atoms with E-state index in [4.69, 9.17) is 4.74 Å². The summed E-state index contributed by atoms with van der Waals surface area (Å²) in [5.74, 6) is 2.48. The fourth-order valence-corrected chi connectivity index (χ4v) is 2.32. The number of carbonyl (C=O) groups is 1. The zero-order valence-corrected chi connectivity index (χ0v) is 13.6. The van der Waals surface area contributed by atoms with E-state index >= 15 is 0 Å². The van der Waals surface area contributed by atoms with Crippen molar-refractivity contribution < 1.29 is 9.53 Å². The molecule has 6 heteroatoms. The summed E-state index contributed by atoms with van der Waals surface area (Å²) in [6.45, 7) is 8.90. The van der Waals surface area contributed by atoms with Gasteiger partial charge in [0.25, 0.3) is 0 Å². The van der Waals surface area contributed by atoms with E-state index in [9.17, 15) is 4.79 Å². The van der Waals surface area contributed by atoms with E-state index in [1.807, 2.05) is 26.8 Å². The van der Waals surface area contributed by atoms with Crippen LogP contribution in [0.25, 0.3) is 10.9 Å². The van der Waals surface area contributed by atoms with Gasteiger partial charge in [-0.05, 0) is 74.0 Å². The largest absolute Gasteiger partial charge is 0.442 e. The average molecular weight is 383 g/mol. The number of aromatic nitrogens is 2. The minimum absolute atomic E-state index is 0.495. The second-order valence-corrected chi connectivity index (χ2v) is 6.18. The Labute approximate surface area is 130 Å². The van der Waals surface area contributed by atoms with E-state index in [0.717, 1.165) is 5.39 Å². The molecule has 104 valence electrons. The molecule has 0 unspecified atom stereocenters. The minimum Gasteiger partial charge on any atom is -0.442 e. The first-order valence-electron chi connectivity index (χ1n) is 5.96. The van der Waals surface area contributed by atoms with Gasteiger partial charge in [-0.2, -0.15) is 9.78 Å². The molecule has 0 saturated heterocycles. The molecule has 0 bridgehead atoms. The zero-order valence-electron chi connectivity index (χ0n) is 11.5. The summed E-state index contributed by atoms with van der Waals surface area (Å²) < 4.78 is 7.32. The molecule has 0 N–H and O–H groups in total. The summed E-state index contributed by atoms with van der Waals surface area (Å²) in [4.78, 5) is 16.1. The topological polar surface area (TPSA) is 56.5 Å². The second-order valence-electron chi connectivity index (χ2n) is 5.15. The lowest BCUT2D eigenvalue weighted by Gasteiger charge is -2.19. The van der Waals surface area contributed by atoms with Crippen LogP contribution in [0.15, 0.2) is 29.8 Å². The third-order valence-electron chi connectivity index (χ3n) is 2.39. The number of hydrogen-bond donors (Lipinski definition) is 0. The van der Waals surface area contributed by atoms with Gasteiger partial charge in [-0.25, -0.2) is 9.79 Å². The van der Waals surface area contributed by atoms with Gasteiger partial charge in [0.05, 0.1) is 11.2 Å². The molecule has 1 aromatic heterocycles. The summed E-state index contributed by atoms with van der Waals surface area (Å²) in [6.07, 6.45) is -0.495. The van der Waals surface area contributed by atoms with Gasteiger partial charge in [0.2, 0.25) is 0 Å². The van der Waals surface area contributed by atoms with Crippen LogP contribution in [0.4, 0.5) is 10.5 Å². The van der Waals surface area contributed by atoms with Crippen LogP contribution in [0.5, 0.6) is 0 Å². The van der Waals surface area contributed by atoms with Crippen molar-refractivity contribution in [2.45, 2.75) is 26.4 Å². The van der Waals surface area contributed by atoms with Crippen LogP contribution >= 0.6 is 22.6 Å². The van der Waals surface area contributed by atoms with Crippen molar-refractivity contribution in [3.05, 3.63) is 28.5 Å². The number of carbonyl (C=O) groups excluding carboxylic acids is 1. The molecule has 0 saturated carbocycles. The highest BCUT2D eigenvalue weighted by molar-refractivity contribution is 14.1. The number of ether oxygens (including phenoxy) is 1. The van der Waals surface area contributed by atoms with Crippen molar-refractivity contribution in [1.82, 2.24) is 9.78 Å². The van der Waals surface area contributed by atoms with E-state index in [0.29, 0.717) is 14.9 Å². The highest BCUT2D eigenvalue weighted by atomic mass is 127. The van der Waals surface area contributed by atoms with Crippen molar-refractivity contribution in [3.8, 4) is 0 Å². The average Bonchev–Trinajstić information content (AvgIpc) is 2.65. The highest BCUT2D eigenvalue weighted by Crippen LogP contribution is 2.25. The number of nitrogens with zero attached hydrogens (tertiary/aromatic N) is 3. The molecule has 0 aliphatic carbocycles. The van der Waals surface area contributed by atoms with Gasteiger partial charge in [-0.1, -0.05) is 0 Å². The smallest absolute Gasteiger partial charge is 0.435 e. The molecule has 1 heterocycles. The Bertz CT molecular complexity index is 722. The SMILES string of the molecule is C=C=Nc1ccc2c(c1)c(I)nn2C(=O)OC(C)(C)C. The Balaban J connectivity index is 2.51. The number of hydrogen-bond acceptors (Lipinski definition) is 4. The first kappa shape index (κ1) is 14.7. The van der Waals surface area contributed by atoms with E-state index < -0.39 is 11.7 Å². The minimum atomic E-state index is -0.562. The summed E-state index contributed by atoms with van der Waals surface area (Å²) in [6, 6.07) is 5.40. The molecule has 20 heavy (non-hydrogen) atoms. The lowest BCUT2D eigenvalue weighted by Crippen LogP contribution is -2.27. The maximum atomic E-state index is 12.1. The van der Waals surface area contributed by atoms with E-state index in [2.05, 4.69) is 45.1 Å². The monoisotopic (exact) mass is 383 g/mol. The number of halogens is 1. The molecule has 0 atom stereocenters. The van der Waals surface area contributed by atoms with Crippen LogP contribution in [0, 0.1) is 3.70 Å². The first-order valence-corrected chi connectivity index (χ1v) is 7.04. The first-order chi connectivity index (χ1) is 9.31. The number of aliphatic imine (C=N–C) groups is 1. The summed E-state index contributed by atoms with van der Waals surface area (Å²) in [5.41, 5.74) is 0.842. The fraction of sp³-hybridized carbons (Fsp3) is 0.286. The van der Waals surface area contributed by atoms with E-state index in [1.165, 1.54) is 4.68 Å². The molecule has 0 amide bonds. The van der Waals surface area contributed by atoms with Crippen LogP contribution in [0.3, 0.4) is 0 Å². The normalized spacial score (nSPS) is 11.2. The Morgan fingerprint density at radius 3 is 2.80 bits per heavy atom. The number of rotatable bonds is 1. The van der Waals surface area contributed by atoms with Crippen molar-refractivity contribution >= 4 is 51.1 Å².